The van der Waals surface area contributed by atoms with Gasteiger partial charge in [0.2, 0.25) is 10.0 Å². The minimum atomic E-state index is -3.70. The highest BCUT2D eigenvalue weighted by atomic mass is 32.2. The van der Waals surface area contributed by atoms with Gasteiger partial charge < -0.3 is 9.84 Å². The highest BCUT2D eigenvalue weighted by molar-refractivity contribution is 7.92. The summed E-state index contributed by atoms with van der Waals surface area (Å²) in [5.41, 5.74) is 0.791. The maximum absolute atomic E-state index is 11.8. The van der Waals surface area contributed by atoms with Crippen molar-refractivity contribution in [2.45, 2.75) is 20.3 Å². The first-order chi connectivity index (χ1) is 9.75. The molecule has 0 bridgehead atoms. The van der Waals surface area contributed by atoms with Crippen molar-refractivity contribution in [2.75, 3.05) is 17.1 Å². The number of nitrogens with one attached hydrogen (secondary N) is 1. The monoisotopic (exact) mass is 315 g/mol. The number of rotatable bonds is 7. The van der Waals surface area contributed by atoms with Crippen LogP contribution in [-0.2, 0) is 19.6 Å². The van der Waals surface area contributed by atoms with E-state index in [4.69, 9.17) is 5.11 Å². The van der Waals surface area contributed by atoms with Crippen molar-refractivity contribution in [3.05, 3.63) is 29.3 Å². The van der Waals surface area contributed by atoms with E-state index in [1.807, 2.05) is 0 Å². The third-order valence-electron chi connectivity index (χ3n) is 2.61. The molecule has 0 spiro atoms. The van der Waals surface area contributed by atoms with Crippen molar-refractivity contribution in [3.8, 4) is 0 Å². The van der Waals surface area contributed by atoms with Gasteiger partial charge in [-0.15, -0.1) is 0 Å². The second-order valence-electron chi connectivity index (χ2n) is 4.31. The number of esters is 1. The lowest BCUT2D eigenvalue weighted by Crippen LogP contribution is -2.20. The fourth-order valence-electron chi connectivity index (χ4n) is 1.65. The Morgan fingerprint density at radius 1 is 1.33 bits per heavy atom. The zero-order valence-corrected chi connectivity index (χ0v) is 12.6. The Morgan fingerprint density at radius 2 is 2.00 bits per heavy atom. The second kappa shape index (κ2) is 7.07. The highest BCUT2D eigenvalue weighted by Gasteiger charge is 2.15. The van der Waals surface area contributed by atoms with Crippen molar-refractivity contribution in [3.63, 3.8) is 0 Å². The number of aromatic carboxylic acids is 1. The molecule has 0 amide bonds. The minimum Gasteiger partial charge on any atom is -0.478 e. The average Bonchev–Trinajstić information content (AvgIpc) is 2.36. The van der Waals surface area contributed by atoms with Gasteiger partial charge in [0, 0.05) is 5.69 Å². The van der Waals surface area contributed by atoms with Crippen molar-refractivity contribution < 1.29 is 27.9 Å². The summed E-state index contributed by atoms with van der Waals surface area (Å²) in [7, 11) is -3.70. The van der Waals surface area contributed by atoms with Crippen molar-refractivity contribution >= 4 is 27.6 Å². The van der Waals surface area contributed by atoms with E-state index in [-0.39, 0.29) is 24.3 Å². The molecule has 0 aliphatic rings. The molecule has 0 atom stereocenters. The van der Waals surface area contributed by atoms with Crippen LogP contribution in [0.2, 0.25) is 0 Å². The third kappa shape index (κ3) is 5.42. The summed E-state index contributed by atoms with van der Waals surface area (Å²) >= 11 is 0. The summed E-state index contributed by atoms with van der Waals surface area (Å²) in [6.07, 6.45) is -0.241. The van der Waals surface area contributed by atoms with Crippen LogP contribution in [0.25, 0.3) is 0 Å². The van der Waals surface area contributed by atoms with Crippen molar-refractivity contribution in [1.29, 1.82) is 0 Å². The molecule has 1 rings (SSSR count). The number of carbonyl (C=O) groups excluding carboxylic acids is 1. The molecule has 21 heavy (non-hydrogen) atoms. The zero-order chi connectivity index (χ0) is 16.0. The van der Waals surface area contributed by atoms with E-state index in [0.29, 0.717) is 5.56 Å². The molecule has 7 nitrogen and oxygen atoms in total. The molecule has 1 aromatic carbocycles. The molecule has 0 heterocycles. The maximum Gasteiger partial charge on any atom is 0.335 e. The average molecular weight is 315 g/mol. The first-order valence-corrected chi connectivity index (χ1v) is 7.90. The Morgan fingerprint density at radius 3 is 2.52 bits per heavy atom. The molecule has 0 unspecified atom stereocenters. The molecular formula is C13H17NO6S. The number of anilines is 1. The summed E-state index contributed by atoms with van der Waals surface area (Å²) < 4.78 is 30.6. The first kappa shape index (κ1) is 17.0. The van der Waals surface area contributed by atoms with Crippen molar-refractivity contribution in [1.82, 2.24) is 0 Å². The van der Waals surface area contributed by atoms with Gasteiger partial charge in [-0.3, -0.25) is 9.52 Å². The van der Waals surface area contributed by atoms with Gasteiger partial charge in [0.15, 0.2) is 0 Å². The van der Waals surface area contributed by atoms with E-state index >= 15 is 0 Å². The van der Waals surface area contributed by atoms with E-state index in [9.17, 15) is 18.0 Å². The summed E-state index contributed by atoms with van der Waals surface area (Å²) in [6.45, 7) is 3.40. The van der Waals surface area contributed by atoms with Gasteiger partial charge in [0.05, 0.1) is 24.3 Å². The number of benzene rings is 1. The molecule has 116 valence electrons. The van der Waals surface area contributed by atoms with Gasteiger partial charge in [0.1, 0.15) is 0 Å². The lowest BCUT2D eigenvalue weighted by atomic mass is 10.1. The molecule has 0 saturated carbocycles. The van der Waals surface area contributed by atoms with E-state index in [0.717, 1.165) is 0 Å². The number of carbonyl (C=O) groups is 2. The molecule has 8 heteroatoms. The summed E-state index contributed by atoms with van der Waals surface area (Å²) in [4.78, 5) is 22.0. The van der Waals surface area contributed by atoms with Gasteiger partial charge in [-0.05, 0) is 37.6 Å². The summed E-state index contributed by atoms with van der Waals surface area (Å²) in [5, 5.41) is 8.89. The van der Waals surface area contributed by atoms with Crippen LogP contribution in [0, 0.1) is 6.92 Å². The summed E-state index contributed by atoms with van der Waals surface area (Å²) in [6, 6.07) is 4.10. The topological polar surface area (TPSA) is 110 Å². The van der Waals surface area contributed by atoms with Crippen LogP contribution >= 0.6 is 0 Å². The highest BCUT2D eigenvalue weighted by Crippen LogP contribution is 2.16. The second-order valence-corrected chi connectivity index (χ2v) is 6.15. The van der Waals surface area contributed by atoms with E-state index < -0.39 is 27.7 Å². The van der Waals surface area contributed by atoms with E-state index in [2.05, 4.69) is 9.46 Å². The quantitative estimate of drug-likeness (QED) is 0.736. The smallest absolute Gasteiger partial charge is 0.335 e. The normalized spacial score (nSPS) is 11.0. The third-order valence-corrected chi connectivity index (χ3v) is 3.90. The molecule has 0 fully saturated rings. The van der Waals surface area contributed by atoms with E-state index in [1.165, 1.54) is 18.2 Å². The molecule has 2 N–H and O–H groups in total. The molecule has 0 aliphatic carbocycles. The Balaban J connectivity index is 2.73. The first-order valence-electron chi connectivity index (χ1n) is 6.25. The maximum atomic E-state index is 11.8. The molecule has 0 aliphatic heterocycles. The predicted octanol–water partition coefficient (Wildman–Crippen LogP) is 1.39. The van der Waals surface area contributed by atoms with Crippen LogP contribution in [0.1, 0.15) is 29.3 Å². The number of aryl methyl sites for hydroxylation is 1. The Hall–Kier alpha value is -2.09. The van der Waals surface area contributed by atoms with Gasteiger partial charge in [0.25, 0.3) is 0 Å². The number of ether oxygens (including phenoxy) is 1. The minimum absolute atomic E-state index is 0.101. The van der Waals surface area contributed by atoms with Crippen LogP contribution in [0.3, 0.4) is 0 Å². The van der Waals surface area contributed by atoms with Gasteiger partial charge in [-0.25, -0.2) is 13.2 Å². The largest absolute Gasteiger partial charge is 0.478 e. The number of hydrogen-bond acceptors (Lipinski definition) is 5. The SMILES string of the molecule is CCOC(=O)CCS(=O)(=O)Nc1ccc(C(=O)O)c(C)c1. The van der Waals surface area contributed by atoms with E-state index in [1.54, 1.807) is 13.8 Å². The molecule has 0 aromatic heterocycles. The lowest BCUT2D eigenvalue weighted by molar-refractivity contribution is -0.142. The molecule has 1 aromatic rings. The van der Waals surface area contributed by atoms with Crippen molar-refractivity contribution in [2.24, 2.45) is 0 Å². The van der Waals surface area contributed by atoms with Crippen LogP contribution < -0.4 is 4.72 Å². The van der Waals surface area contributed by atoms with Crippen LogP contribution in [0.4, 0.5) is 5.69 Å². The number of carboxylic acids is 1. The van der Waals surface area contributed by atoms with Gasteiger partial charge in [-0.2, -0.15) is 0 Å². The fraction of sp³-hybridized carbons (Fsp3) is 0.385. The molecular weight excluding hydrogens is 298 g/mol. The fourth-order valence-corrected chi connectivity index (χ4v) is 2.67. The number of sulfonamides is 1. The van der Waals surface area contributed by atoms with Gasteiger partial charge >= 0.3 is 11.9 Å². The Bertz CT molecular complexity index is 638. The van der Waals surface area contributed by atoms with Crippen LogP contribution in [0.5, 0.6) is 0 Å². The van der Waals surface area contributed by atoms with Crippen LogP contribution in [-0.4, -0.2) is 37.8 Å². The Kier molecular flexibility index (Phi) is 5.71. The number of carboxylic acid groups (broad SMARTS) is 1. The summed E-state index contributed by atoms with van der Waals surface area (Å²) in [5.74, 6) is -2.06. The Labute approximate surface area is 123 Å². The zero-order valence-electron chi connectivity index (χ0n) is 11.8. The standard InChI is InChI=1S/C13H17NO6S/c1-3-20-12(15)6-7-21(18,19)14-10-4-5-11(13(16)17)9(2)8-10/h4-5,8,14H,3,6-7H2,1-2H3,(H,16,17). The molecule has 0 radical (unpaired) electrons. The molecule has 0 saturated heterocycles. The number of hydrogen-bond donors (Lipinski definition) is 2. The predicted molar refractivity (Wildman–Crippen MR) is 76.8 cm³/mol. The lowest BCUT2D eigenvalue weighted by Gasteiger charge is -2.09. The van der Waals surface area contributed by atoms with Gasteiger partial charge in [-0.1, -0.05) is 0 Å². The van der Waals surface area contributed by atoms with Crippen LogP contribution in [0.15, 0.2) is 18.2 Å².